The molecular weight excluding hydrogens is 278 g/mol. The van der Waals surface area contributed by atoms with Gasteiger partial charge in [-0.1, -0.05) is 6.07 Å². The number of aromatic amines is 1. The summed E-state index contributed by atoms with van der Waals surface area (Å²) in [5.74, 6) is 0.362. The number of ether oxygens (including phenoxy) is 1. The molecule has 118 valence electrons. The minimum atomic E-state index is -0.445. The minimum Gasteiger partial charge on any atom is -0.444 e. The van der Waals surface area contributed by atoms with E-state index in [9.17, 15) is 4.79 Å². The van der Waals surface area contributed by atoms with Gasteiger partial charge in [0.25, 0.3) is 0 Å². The molecule has 2 heterocycles. The van der Waals surface area contributed by atoms with Crippen LogP contribution in [0.3, 0.4) is 0 Å². The van der Waals surface area contributed by atoms with E-state index in [2.05, 4.69) is 28.4 Å². The molecule has 1 unspecified atom stereocenters. The molecule has 1 fully saturated rings. The van der Waals surface area contributed by atoms with Gasteiger partial charge in [0.2, 0.25) is 0 Å². The van der Waals surface area contributed by atoms with Crippen LogP contribution in [0.15, 0.2) is 24.4 Å². The SMILES string of the molecule is CC(C)(C)OC(=O)N1CCCC(c2ccc3[nH]ncc3c2)C1. The van der Waals surface area contributed by atoms with Crippen LogP contribution < -0.4 is 0 Å². The fraction of sp³-hybridized carbons (Fsp3) is 0.529. The van der Waals surface area contributed by atoms with Crippen molar-refractivity contribution in [1.29, 1.82) is 0 Å². The van der Waals surface area contributed by atoms with Crippen molar-refractivity contribution in [3.8, 4) is 0 Å². The summed E-state index contributed by atoms with van der Waals surface area (Å²) in [6.45, 7) is 7.20. The number of nitrogens with zero attached hydrogens (tertiary/aromatic N) is 2. The number of carbonyl (C=O) groups excluding carboxylic acids is 1. The molecule has 1 saturated heterocycles. The van der Waals surface area contributed by atoms with Crippen LogP contribution in [0.25, 0.3) is 10.9 Å². The predicted octanol–water partition coefficient (Wildman–Crippen LogP) is 3.68. The molecule has 5 nitrogen and oxygen atoms in total. The molecule has 5 heteroatoms. The normalized spacial score (nSPS) is 19.4. The van der Waals surface area contributed by atoms with E-state index in [4.69, 9.17) is 4.74 Å². The first-order chi connectivity index (χ1) is 10.4. The van der Waals surface area contributed by atoms with Gasteiger partial charge in [-0.05, 0) is 51.3 Å². The highest BCUT2D eigenvalue weighted by Crippen LogP contribution is 2.29. The summed E-state index contributed by atoms with van der Waals surface area (Å²) in [4.78, 5) is 14.1. The lowest BCUT2D eigenvalue weighted by Gasteiger charge is -2.34. The number of amides is 1. The number of hydrogen-bond donors (Lipinski definition) is 1. The Morgan fingerprint density at radius 3 is 3.00 bits per heavy atom. The average molecular weight is 301 g/mol. The van der Waals surface area contributed by atoms with Crippen LogP contribution >= 0.6 is 0 Å². The second-order valence-electron chi connectivity index (χ2n) is 6.98. The number of H-pyrrole nitrogens is 1. The fourth-order valence-electron chi connectivity index (χ4n) is 2.96. The molecular formula is C17H23N3O2. The molecule has 1 aliphatic heterocycles. The van der Waals surface area contributed by atoms with Crippen molar-refractivity contribution < 1.29 is 9.53 Å². The number of nitrogens with one attached hydrogen (secondary N) is 1. The number of carbonyl (C=O) groups is 1. The Morgan fingerprint density at radius 1 is 1.41 bits per heavy atom. The van der Waals surface area contributed by atoms with Crippen LogP contribution in [0.4, 0.5) is 4.79 Å². The number of aromatic nitrogens is 2. The van der Waals surface area contributed by atoms with E-state index in [1.165, 1.54) is 5.56 Å². The Hall–Kier alpha value is -2.04. The number of fused-ring (bicyclic) bond motifs is 1. The van der Waals surface area contributed by atoms with Crippen LogP contribution in [0.2, 0.25) is 0 Å². The summed E-state index contributed by atoms with van der Waals surface area (Å²) in [6, 6.07) is 6.36. The quantitative estimate of drug-likeness (QED) is 0.874. The van der Waals surface area contributed by atoms with Gasteiger partial charge in [0.05, 0.1) is 11.7 Å². The molecule has 1 aliphatic rings. The summed E-state index contributed by atoms with van der Waals surface area (Å²) >= 11 is 0. The van der Waals surface area contributed by atoms with E-state index in [1.807, 2.05) is 31.9 Å². The molecule has 1 amide bonds. The van der Waals surface area contributed by atoms with Crippen molar-refractivity contribution in [3.63, 3.8) is 0 Å². The zero-order valence-corrected chi connectivity index (χ0v) is 13.4. The minimum absolute atomic E-state index is 0.207. The van der Waals surface area contributed by atoms with E-state index in [0.29, 0.717) is 5.92 Å². The highest BCUT2D eigenvalue weighted by molar-refractivity contribution is 5.78. The lowest BCUT2D eigenvalue weighted by Crippen LogP contribution is -2.42. The maximum Gasteiger partial charge on any atom is 0.410 e. The van der Waals surface area contributed by atoms with Crippen LogP contribution in [0, 0.1) is 0 Å². The highest BCUT2D eigenvalue weighted by atomic mass is 16.6. The Bertz CT molecular complexity index is 672. The highest BCUT2D eigenvalue weighted by Gasteiger charge is 2.28. The molecule has 3 rings (SSSR count). The van der Waals surface area contributed by atoms with E-state index in [-0.39, 0.29) is 6.09 Å². The number of benzene rings is 1. The molecule has 0 spiro atoms. The number of piperidine rings is 1. The summed E-state index contributed by atoms with van der Waals surface area (Å²) < 4.78 is 5.49. The number of rotatable bonds is 1. The Labute approximate surface area is 130 Å². The van der Waals surface area contributed by atoms with Crippen molar-refractivity contribution >= 4 is 17.0 Å². The summed E-state index contributed by atoms with van der Waals surface area (Å²) in [5, 5.41) is 8.15. The zero-order chi connectivity index (χ0) is 15.7. The molecule has 0 aliphatic carbocycles. The van der Waals surface area contributed by atoms with Crippen molar-refractivity contribution in [2.24, 2.45) is 0 Å². The van der Waals surface area contributed by atoms with Crippen molar-refractivity contribution in [1.82, 2.24) is 15.1 Å². The lowest BCUT2D eigenvalue weighted by molar-refractivity contribution is 0.0198. The molecule has 1 N–H and O–H groups in total. The van der Waals surface area contributed by atoms with Crippen LogP contribution in [0.5, 0.6) is 0 Å². The van der Waals surface area contributed by atoms with Gasteiger partial charge in [-0.25, -0.2) is 4.79 Å². The lowest BCUT2D eigenvalue weighted by atomic mass is 9.90. The number of likely N-dealkylation sites (tertiary alicyclic amines) is 1. The Balaban J connectivity index is 1.73. The second-order valence-corrected chi connectivity index (χ2v) is 6.98. The Kier molecular flexibility index (Phi) is 3.81. The van der Waals surface area contributed by atoms with Gasteiger partial charge in [0.15, 0.2) is 0 Å². The third-order valence-electron chi connectivity index (χ3n) is 4.01. The standard InChI is InChI=1S/C17H23N3O2/c1-17(2,3)22-16(21)20-8-4-5-13(11-20)12-6-7-15-14(9-12)10-18-19-15/h6-7,9-10,13H,4-5,8,11H2,1-3H3,(H,18,19). The molecule has 1 atom stereocenters. The Morgan fingerprint density at radius 2 is 2.23 bits per heavy atom. The number of hydrogen-bond acceptors (Lipinski definition) is 3. The van der Waals surface area contributed by atoms with Gasteiger partial charge in [-0.3, -0.25) is 5.10 Å². The maximum atomic E-state index is 12.3. The topological polar surface area (TPSA) is 58.2 Å². The smallest absolute Gasteiger partial charge is 0.410 e. The third-order valence-corrected chi connectivity index (χ3v) is 4.01. The molecule has 2 aromatic rings. The zero-order valence-electron chi connectivity index (χ0n) is 13.4. The largest absolute Gasteiger partial charge is 0.444 e. The maximum absolute atomic E-state index is 12.3. The van der Waals surface area contributed by atoms with Gasteiger partial charge in [0, 0.05) is 24.4 Å². The van der Waals surface area contributed by atoms with Gasteiger partial charge < -0.3 is 9.64 Å². The summed E-state index contributed by atoms with van der Waals surface area (Å²) in [7, 11) is 0. The third kappa shape index (κ3) is 3.24. The van der Waals surface area contributed by atoms with E-state index < -0.39 is 5.60 Å². The van der Waals surface area contributed by atoms with Gasteiger partial charge >= 0.3 is 6.09 Å². The van der Waals surface area contributed by atoms with Crippen LogP contribution in [-0.2, 0) is 4.74 Å². The van der Waals surface area contributed by atoms with Crippen molar-refractivity contribution in [2.45, 2.75) is 45.1 Å². The molecule has 1 aromatic carbocycles. The molecule has 22 heavy (non-hydrogen) atoms. The van der Waals surface area contributed by atoms with Gasteiger partial charge in [-0.2, -0.15) is 5.10 Å². The molecule has 1 aromatic heterocycles. The van der Waals surface area contributed by atoms with Crippen molar-refractivity contribution in [2.75, 3.05) is 13.1 Å². The van der Waals surface area contributed by atoms with Gasteiger partial charge in [0.1, 0.15) is 5.60 Å². The first-order valence-corrected chi connectivity index (χ1v) is 7.83. The predicted molar refractivity (Wildman–Crippen MR) is 85.9 cm³/mol. The van der Waals surface area contributed by atoms with Gasteiger partial charge in [-0.15, -0.1) is 0 Å². The van der Waals surface area contributed by atoms with E-state index in [0.717, 1.165) is 36.8 Å². The molecule has 0 radical (unpaired) electrons. The van der Waals surface area contributed by atoms with E-state index in [1.54, 1.807) is 0 Å². The van der Waals surface area contributed by atoms with E-state index >= 15 is 0 Å². The average Bonchev–Trinajstić information content (AvgIpc) is 2.93. The molecule has 0 saturated carbocycles. The van der Waals surface area contributed by atoms with Crippen LogP contribution in [-0.4, -0.2) is 39.9 Å². The molecule has 0 bridgehead atoms. The summed E-state index contributed by atoms with van der Waals surface area (Å²) in [5.41, 5.74) is 1.87. The fourth-order valence-corrected chi connectivity index (χ4v) is 2.96. The van der Waals surface area contributed by atoms with Crippen molar-refractivity contribution in [3.05, 3.63) is 30.0 Å². The second kappa shape index (κ2) is 5.63. The van der Waals surface area contributed by atoms with Crippen LogP contribution in [0.1, 0.15) is 45.1 Å². The first-order valence-electron chi connectivity index (χ1n) is 7.83. The summed E-state index contributed by atoms with van der Waals surface area (Å²) in [6.07, 6.45) is 3.74. The first kappa shape index (κ1) is 14.9. The monoisotopic (exact) mass is 301 g/mol.